The highest BCUT2D eigenvalue weighted by Gasteiger charge is 2.68. The lowest BCUT2D eigenvalue weighted by atomic mass is 9.34. The number of carboxylic acids is 1. The van der Waals surface area contributed by atoms with Gasteiger partial charge in [0.2, 0.25) is 0 Å². The molecule has 4 fully saturated rings. The number of allylic oxidation sites excluding steroid dienone is 2. The molecule has 40 heavy (non-hydrogen) atoms. The Hall–Kier alpha value is -2.38. The van der Waals surface area contributed by atoms with Gasteiger partial charge in [-0.1, -0.05) is 40.2 Å². The number of rotatable bonds is 4. The zero-order chi connectivity index (χ0) is 29.3. The minimum atomic E-state index is -1.07. The van der Waals surface area contributed by atoms with E-state index in [1.54, 1.807) is 0 Å². The van der Waals surface area contributed by atoms with E-state index >= 15 is 0 Å². The molecule has 0 spiro atoms. The maximum Gasteiger partial charge on any atom is 0.323 e. The van der Waals surface area contributed by atoms with Crippen LogP contribution in [-0.4, -0.2) is 48.6 Å². The van der Waals surface area contributed by atoms with Crippen molar-refractivity contribution in [1.29, 1.82) is 0 Å². The number of carboxylic acid groups (broad SMARTS) is 1. The minimum absolute atomic E-state index is 0.0514. The van der Waals surface area contributed by atoms with Crippen LogP contribution in [0.5, 0.6) is 0 Å². The molecule has 8 nitrogen and oxygen atoms in total. The number of hydrogen-bond acceptors (Lipinski definition) is 5. The molecule has 0 aromatic rings. The maximum atomic E-state index is 14.4. The first-order valence-electron chi connectivity index (χ1n) is 15.3. The molecule has 0 aromatic carbocycles. The van der Waals surface area contributed by atoms with Crippen molar-refractivity contribution in [2.45, 2.75) is 98.4 Å². The third-order valence-electron chi connectivity index (χ3n) is 13.1. The van der Waals surface area contributed by atoms with Crippen molar-refractivity contribution in [2.75, 3.05) is 13.7 Å². The molecule has 222 valence electrons. The number of carbonyl (C=O) groups excluding carboxylic acids is 3. The number of fused-ring (bicyclic) bond motifs is 7. The van der Waals surface area contributed by atoms with Gasteiger partial charge in [0, 0.05) is 12.0 Å². The fraction of sp³-hybridized carbons (Fsp3) is 0.812. The largest absolute Gasteiger partial charge is 0.480 e. The first kappa shape index (κ1) is 29.1. The number of urea groups is 1. The Kier molecular flexibility index (Phi) is 7.18. The maximum absolute atomic E-state index is 14.4. The fourth-order valence-corrected chi connectivity index (χ4v) is 10.6. The number of ketones is 1. The van der Waals surface area contributed by atoms with Crippen LogP contribution in [0.25, 0.3) is 0 Å². The Bertz CT molecular complexity index is 1130. The van der Waals surface area contributed by atoms with Gasteiger partial charge in [0.15, 0.2) is 5.78 Å². The average molecular weight is 557 g/mol. The number of nitrogens with one attached hydrogen (secondary N) is 2. The number of aliphatic carboxylic acids is 1. The normalized spacial score (nSPS) is 46.0. The van der Waals surface area contributed by atoms with E-state index in [-0.39, 0.29) is 63.1 Å². The molecule has 2 amide bonds. The summed E-state index contributed by atoms with van der Waals surface area (Å²) in [4.78, 5) is 50.2. The number of ether oxygens (including phenoxy) is 1. The summed E-state index contributed by atoms with van der Waals surface area (Å²) in [5.41, 5.74) is 0.958. The summed E-state index contributed by atoms with van der Waals surface area (Å²) in [7, 11) is 1.48. The van der Waals surface area contributed by atoms with Gasteiger partial charge >= 0.3 is 18.0 Å². The molecule has 5 aliphatic rings. The summed E-state index contributed by atoms with van der Waals surface area (Å²) in [6.45, 7) is 11.2. The molecule has 0 aliphatic heterocycles. The molecule has 10 atom stereocenters. The van der Waals surface area contributed by atoms with Crippen LogP contribution in [0.4, 0.5) is 4.79 Å². The first-order valence-corrected chi connectivity index (χ1v) is 15.3. The molecule has 8 heteroatoms. The summed E-state index contributed by atoms with van der Waals surface area (Å²) >= 11 is 0. The van der Waals surface area contributed by atoms with Crippen molar-refractivity contribution >= 4 is 23.8 Å². The van der Waals surface area contributed by atoms with Crippen molar-refractivity contribution in [1.82, 2.24) is 10.6 Å². The van der Waals surface area contributed by atoms with Crippen LogP contribution in [-0.2, 0) is 19.1 Å². The summed E-state index contributed by atoms with van der Waals surface area (Å²) in [6, 6.07) is -0.496. The molecular formula is C32H48N2O6. The van der Waals surface area contributed by atoms with Gasteiger partial charge in [-0.15, -0.1) is 0 Å². The number of methoxy groups -OCH3 is 1. The van der Waals surface area contributed by atoms with E-state index in [2.05, 4.69) is 45.3 Å². The van der Waals surface area contributed by atoms with Crippen molar-refractivity contribution in [3.63, 3.8) is 0 Å². The van der Waals surface area contributed by atoms with Gasteiger partial charge in [0.25, 0.3) is 0 Å². The highest BCUT2D eigenvalue weighted by Crippen LogP contribution is 2.73. The van der Waals surface area contributed by atoms with Crippen LogP contribution in [0.15, 0.2) is 11.6 Å². The third kappa shape index (κ3) is 4.22. The lowest BCUT2D eigenvalue weighted by molar-refractivity contribution is -0.176. The number of amides is 2. The third-order valence-corrected chi connectivity index (χ3v) is 13.1. The van der Waals surface area contributed by atoms with Crippen LogP contribution in [0.2, 0.25) is 0 Å². The van der Waals surface area contributed by atoms with E-state index in [9.17, 15) is 19.2 Å². The van der Waals surface area contributed by atoms with E-state index in [0.717, 1.165) is 57.8 Å². The lowest BCUT2D eigenvalue weighted by Gasteiger charge is -2.69. The van der Waals surface area contributed by atoms with Crippen LogP contribution in [0.3, 0.4) is 0 Å². The Morgan fingerprint density at radius 1 is 1.02 bits per heavy atom. The number of carbonyl (C=O) groups is 4. The molecule has 5 aliphatic carbocycles. The van der Waals surface area contributed by atoms with E-state index in [0.29, 0.717) is 5.92 Å². The summed E-state index contributed by atoms with van der Waals surface area (Å²) in [5, 5.41) is 14.3. The average Bonchev–Trinajstić information content (AvgIpc) is 2.89. The van der Waals surface area contributed by atoms with Crippen LogP contribution < -0.4 is 10.6 Å². The Balaban J connectivity index is 1.44. The smallest absolute Gasteiger partial charge is 0.323 e. The van der Waals surface area contributed by atoms with Crippen molar-refractivity contribution in [2.24, 2.45) is 51.2 Å². The van der Waals surface area contributed by atoms with Crippen LogP contribution in [0, 0.1) is 51.2 Å². The van der Waals surface area contributed by atoms with Gasteiger partial charge in [-0.05, 0) is 103 Å². The number of hydrogen-bond donors (Lipinski definition) is 3. The van der Waals surface area contributed by atoms with Crippen LogP contribution in [0.1, 0.15) is 92.4 Å². The lowest BCUT2D eigenvalue weighted by Crippen LogP contribution is -2.66. The minimum Gasteiger partial charge on any atom is -0.480 e. The van der Waals surface area contributed by atoms with E-state index in [1.165, 1.54) is 12.7 Å². The molecular weight excluding hydrogens is 508 g/mol. The molecule has 4 unspecified atom stereocenters. The molecule has 4 saturated carbocycles. The standard InChI is InChI=1S/C32H48N2O6/c1-18-20-8-12-32(5)26(30(20,3)11-9-23(18)34-28(39)33-17-25(36)37)24(35)16-22-21-15-19(27(38)40-6)7-10-29(21,2)13-14-31(22,32)4/h16,18-21,23,26H,7-15,17H2,1-6H3,(H,36,37)(H2,33,34,39)/t18-,19+,20?,21?,23?,26?,29-,30+,31-,32-/m1/s1. The Labute approximate surface area is 238 Å². The monoisotopic (exact) mass is 556 g/mol. The predicted octanol–water partition coefficient (Wildman–Crippen LogP) is 5.11. The Morgan fingerprint density at radius 3 is 2.42 bits per heavy atom. The van der Waals surface area contributed by atoms with E-state index < -0.39 is 18.5 Å². The molecule has 0 saturated heterocycles. The van der Waals surface area contributed by atoms with Crippen molar-refractivity contribution in [3.8, 4) is 0 Å². The van der Waals surface area contributed by atoms with Crippen molar-refractivity contribution in [3.05, 3.63) is 11.6 Å². The predicted molar refractivity (Wildman–Crippen MR) is 150 cm³/mol. The second kappa shape index (κ2) is 9.87. The van der Waals surface area contributed by atoms with Crippen LogP contribution >= 0.6 is 0 Å². The van der Waals surface area contributed by atoms with Gasteiger partial charge in [0.1, 0.15) is 6.54 Å². The topological polar surface area (TPSA) is 122 Å². The summed E-state index contributed by atoms with van der Waals surface area (Å²) in [5.74, 6) is -0.427. The summed E-state index contributed by atoms with van der Waals surface area (Å²) < 4.78 is 5.15. The molecule has 0 heterocycles. The van der Waals surface area contributed by atoms with E-state index in [1.807, 2.05) is 6.08 Å². The highest BCUT2D eigenvalue weighted by molar-refractivity contribution is 5.95. The van der Waals surface area contributed by atoms with Gasteiger partial charge in [-0.2, -0.15) is 0 Å². The summed E-state index contributed by atoms with van der Waals surface area (Å²) in [6.07, 6.45) is 10.4. The first-order chi connectivity index (χ1) is 18.7. The molecule has 5 rings (SSSR count). The van der Waals surface area contributed by atoms with Crippen molar-refractivity contribution < 1.29 is 29.0 Å². The zero-order valence-electron chi connectivity index (χ0n) is 25.1. The molecule has 0 bridgehead atoms. The zero-order valence-corrected chi connectivity index (χ0v) is 25.1. The SMILES string of the molecule is COC(=O)[C@H]1CC[C@]2(C)CC[C@]3(C)C(=CC(=O)C4[C@@]5(C)CCC(NC(=O)NCC(=O)O)[C@H](C)C5CC[C@]43C)C2C1. The van der Waals surface area contributed by atoms with Gasteiger partial charge in [-0.3, -0.25) is 14.4 Å². The quantitative estimate of drug-likeness (QED) is 0.414. The second-order valence-electron chi connectivity index (χ2n) is 14.8. The number of esters is 1. The van der Waals surface area contributed by atoms with E-state index in [4.69, 9.17) is 9.84 Å². The highest BCUT2D eigenvalue weighted by atomic mass is 16.5. The molecule has 0 aromatic heterocycles. The van der Waals surface area contributed by atoms with Gasteiger partial charge < -0.3 is 20.5 Å². The molecule has 0 radical (unpaired) electrons. The fourth-order valence-electron chi connectivity index (χ4n) is 10.6. The van der Waals surface area contributed by atoms with Gasteiger partial charge in [0.05, 0.1) is 13.0 Å². The molecule has 3 N–H and O–H groups in total. The van der Waals surface area contributed by atoms with Gasteiger partial charge in [-0.25, -0.2) is 4.79 Å². The Morgan fingerprint density at radius 2 is 1.75 bits per heavy atom. The second-order valence-corrected chi connectivity index (χ2v) is 14.8.